The van der Waals surface area contributed by atoms with Gasteiger partial charge >= 0.3 is 17.9 Å². The minimum atomic E-state index is -0.764. The van der Waals surface area contributed by atoms with E-state index in [1.165, 1.54) is 225 Å². The molecule has 6 heteroatoms. The van der Waals surface area contributed by atoms with Crippen molar-refractivity contribution in [1.82, 2.24) is 0 Å². The van der Waals surface area contributed by atoms with E-state index in [9.17, 15) is 14.4 Å². The number of ether oxygens (including phenoxy) is 3. The fourth-order valence-corrected chi connectivity index (χ4v) is 9.43. The summed E-state index contributed by atoms with van der Waals surface area (Å²) < 4.78 is 16.9. The van der Waals surface area contributed by atoms with E-state index < -0.39 is 6.10 Å². The van der Waals surface area contributed by atoms with Crippen LogP contribution in [0.3, 0.4) is 0 Å². The molecule has 0 saturated carbocycles. The highest BCUT2D eigenvalue weighted by Crippen LogP contribution is 2.20. The summed E-state index contributed by atoms with van der Waals surface area (Å²) in [4.78, 5) is 38.2. The van der Waals surface area contributed by atoms with Crippen LogP contribution in [0.5, 0.6) is 0 Å². The normalized spacial score (nSPS) is 13.3. The summed E-state index contributed by atoms with van der Waals surface area (Å²) in [6.45, 7) is 13.8. The molecule has 0 aliphatic carbocycles. The third kappa shape index (κ3) is 50.8. The Morgan fingerprint density at radius 1 is 0.279 bits per heavy atom. The highest BCUT2D eigenvalue weighted by atomic mass is 16.6. The fraction of sp³-hybridized carbons (Fsp3) is 0.952. The summed E-state index contributed by atoms with van der Waals surface area (Å²) >= 11 is 0. The van der Waals surface area contributed by atoms with Gasteiger partial charge in [-0.05, 0) is 37.0 Å². The van der Waals surface area contributed by atoms with Crippen molar-refractivity contribution in [2.75, 3.05) is 13.2 Å². The zero-order valence-electron chi connectivity index (χ0n) is 46.9. The van der Waals surface area contributed by atoms with Gasteiger partial charge in [-0.3, -0.25) is 14.4 Å². The fourth-order valence-electron chi connectivity index (χ4n) is 9.43. The smallest absolute Gasteiger partial charge is 0.306 e. The van der Waals surface area contributed by atoms with Crippen LogP contribution in [0.15, 0.2) is 0 Å². The number of hydrogen-bond acceptors (Lipinski definition) is 6. The van der Waals surface area contributed by atoms with Gasteiger partial charge in [0, 0.05) is 19.3 Å². The molecule has 0 amide bonds. The molecule has 68 heavy (non-hydrogen) atoms. The van der Waals surface area contributed by atoms with Crippen LogP contribution in [-0.2, 0) is 28.6 Å². The molecule has 0 spiro atoms. The SMILES string of the molecule is CCC(C)CCCCCCCCCCCCCCCCCCCCC(=O)OC[C@@H](COC(=O)CCCCCCCCCCCCCCCCC(C)CC)OC(=O)CCCCCCCCC(C)CC. The maximum absolute atomic E-state index is 12.8. The third-order valence-electron chi connectivity index (χ3n) is 15.2. The Labute approximate surface area is 425 Å². The van der Waals surface area contributed by atoms with E-state index in [0.29, 0.717) is 19.3 Å². The molecule has 6 nitrogen and oxygen atoms in total. The molecular formula is C62H120O6. The third-order valence-corrected chi connectivity index (χ3v) is 15.2. The average molecular weight is 962 g/mol. The van der Waals surface area contributed by atoms with Gasteiger partial charge in [-0.25, -0.2) is 0 Å². The second-order valence-electron chi connectivity index (χ2n) is 22.1. The molecule has 0 aliphatic heterocycles. The van der Waals surface area contributed by atoms with Crippen molar-refractivity contribution >= 4 is 17.9 Å². The minimum absolute atomic E-state index is 0.0642. The van der Waals surface area contributed by atoms with Gasteiger partial charge < -0.3 is 14.2 Å². The van der Waals surface area contributed by atoms with Crippen molar-refractivity contribution < 1.29 is 28.6 Å². The van der Waals surface area contributed by atoms with E-state index in [-0.39, 0.29) is 31.1 Å². The van der Waals surface area contributed by atoms with Crippen LogP contribution >= 0.6 is 0 Å². The van der Waals surface area contributed by atoms with E-state index in [2.05, 4.69) is 41.5 Å². The molecule has 0 aliphatic rings. The van der Waals surface area contributed by atoms with Crippen molar-refractivity contribution in [3.8, 4) is 0 Å². The second-order valence-corrected chi connectivity index (χ2v) is 22.1. The molecule has 404 valence electrons. The Balaban J connectivity index is 4.18. The second kappa shape index (κ2) is 53.2. The molecule has 0 aromatic heterocycles. The van der Waals surface area contributed by atoms with Gasteiger partial charge in [0.05, 0.1) is 0 Å². The zero-order chi connectivity index (χ0) is 49.8. The van der Waals surface area contributed by atoms with Crippen LogP contribution in [0.2, 0.25) is 0 Å². The number of carbonyl (C=O) groups excluding carboxylic acids is 3. The summed E-state index contributed by atoms with van der Waals surface area (Å²) in [5.41, 5.74) is 0. The molecule has 4 atom stereocenters. The van der Waals surface area contributed by atoms with Gasteiger partial charge in [0.1, 0.15) is 13.2 Å². The van der Waals surface area contributed by atoms with Crippen LogP contribution in [0.25, 0.3) is 0 Å². The predicted octanol–water partition coefficient (Wildman–Crippen LogP) is 20.3. The quantitative estimate of drug-likeness (QED) is 0.0343. The maximum Gasteiger partial charge on any atom is 0.306 e. The summed E-state index contributed by atoms with van der Waals surface area (Å²) in [6.07, 6.45) is 56.7. The largest absolute Gasteiger partial charge is 0.462 e. The summed E-state index contributed by atoms with van der Waals surface area (Å²) in [5, 5.41) is 0. The number of hydrogen-bond donors (Lipinski definition) is 0. The first-order valence-electron chi connectivity index (χ1n) is 30.7. The Morgan fingerprint density at radius 3 is 0.691 bits per heavy atom. The van der Waals surface area contributed by atoms with Gasteiger partial charge in [-0.15, -0.1) is 0 Å². The van der Waals surface area contributed by atoms with Gasteiger partial charge in [0.2, 0.25) is 0 Å². The summed E-state index contributed by atoms with van der Waals surface area (Å²) in [7, 11) is 0. The van der Waals surface area contributed by atoms with Crippen LogP contribution in [0, 0.1) is 17.8 Å². The Hall–Kier alpha value is -1.59. The molecule has 0 saturated heterocycles. The summed E-state index contributed by atoms with van der Waals surface area (Å²) in [5.74, 6) is 1.77. The molecule has 0 bridgehead atoms. The maximum atomic E-state index is 12.8. The van der Waals surface area contributed by atoms with Crippen LogP contribution in [-0.4, -0.2) is 37.2 Å². The first-order valence-corrected chi connectivity index (χ1v) is 30.7. The number of unbranched alkanes of at least 4 members (excludes halogenated alkanes) is 35. The Kier molecular flexibility index (Phi) is 52.0. The van der Waals surface area contributed by atoms with Gasteiger partial charge in [0.15, 0.2) is 6.10 Å². The van der Waals surface area contributed by atoms with Crippen LogP contribution in [0.1, 0.15) is 343 Å². The van der Waals surface area contributed by atoms with E-state index in [1.54, 1.807) is 0 Å². The molecule has 0 rings (SSSR count). The van der Waals surface area contributed by atoms with E-state index in [0.717, 1.165) is 75.5 Å². The van der Waals surface area contributed by atoms with Gasteiger partial charge in [-0.2, -0.15) is 0 Å². The van der Waals surface area contributed by atoms with E-state index in [4.69, 9.17) is 14.2 Å². The zero-order valence-corrected chi connectivity index (χ0v) is 46.9. The van der Waals surface area contributed by atoms with Gasteiger partial charge in [-0.1, -0.05) is 305 Å². The van der Waals surface area contributed by atoms with Crippen molar-refractivity contribution in [2.45, 2.75) is 349 Å². The molecule has 0 N–H and O–H groups in total. The minimum Gasteiger partial charge on any atom is -0.462 e. The number of esters is 3. The number of rotatable bonds is 55. The predicted molar refractivity (Wildman–Crippen MR) is 293 cm³/mol. The lowest BCUT2D eigenvalue weighted by molar-refractivity contribution is -0.167. The van der Waals surface area contributed by atoms with E-state index in [1.807, 2.05) is 0 Å². The van der Waals surface area contributed by atoms with E-state index >= 15 is 0 Å². The van der Waals surface area contributed by atoms with Crippen LogP contribution in [0.4, 0.5) is 0 Å². The van der Waals surface area contributed by atoms with Crippen molar-refractivity contribution in [2.24, 2.45) is 17.8 Å². The highest BCUT2D eigenvalue weighted by molar-refractivity contribution is 5.71. The molecular weight excluding hydrogens is 841 g/mol. The number of carbonyl (C=O) groups is 3. The summed E-state index contributed by atoms with van der Waals surface area (Å²) in [6, 6.07) is 0. The highest BCUT2D eigenvalue weighted by Gasteiger charge is 2.19. The van der Waals surface area contributed by atoms with Crippen LogP contribution < -0.4 is 0 Å². The first-order chi connectivity index (χ1) is 33.2. The van der Waals surface area contributed by atoms with Gasteiger partial charge in [0.25, 0.3) is 0 Å². The Bertz CT molecular complexity index is 1060. The average Bonchev–Trinajstić information content (AvgIpc) is 3.34. The monoisotopic (exact) mass is 961 g/mol. The molecule has 3 unspecified atom stereocenters. The van der Waals surface area contributed by atoms with Crippen molar-refractivity contribution in [3.05, 3.63) is 0 Å². The topological polar surface area (TPSA) is 78.9 Å². The Morgan fingerprint density at radius 2 is 0.471 bits per heavy atom. The lowest BCUT2D eigenvalue weighted by Crippen LogP contribution is -2.30. The standard InChI is InChI=1S/C62H120O6/c1-7-56(4)48-42-36-30-26-22-18-14-12-10-11-13-15-20-24-28-32-39-45-51-60(63)66-54-59(68-62(65)53-47-41-35-34-38-44-50-58(6)9-3)55-67-61(64)52-46-40-33-29-25-21-17-16-19-23-27-31-37-43-49-57(5)8-2/h56-59H,7-55H2,1-6H3/t56?,57?,58?,59-/m0/s1. The molecule has 0 radical (unpaired) electrons. The molecule has 0 aromatic rings. The lowest BCUT2D eigenvalue weighted by atomic mass is 9.99. The molecule has 0 heterocycles. The van der Waals surface area contributed by atoms with Crippen molar-refractivity contribution in [1.29, 1.82) is 0 Å². The van der Waals surface area contributed by atoms with Crippen molar-refractivity contribution in [3.63, 3.8) is 0 Å². The molecule has 0 fully saturated rings. The first kappa shape index (κ1) is 66.4. The lowest BCUT2D eigenvalue weighted by Gasteiger charge is -2.18. The molecule has 0 aromatic carbocycles.